The van der Waals surface area contributed by atoms with Crippen molar-refractivity contribution in [3.63, 3.8) is 0 Å². The minimum absolute atomic E-state index is 0.0746. The van der Waals surface area contributed by atoms with Crippen LogP contribution in [0, 0.1) is 5.41 Å². The van der Waals surface area contributed by atoms with Gasteiger partial charge in [0.15, 0.2) is 0 Å². The lowest BCUT2D eigenvalue weighted by molar-refractivity contribution is 0.241. The van der Waals surface area contributed by atoms with Crippen molar-refractivity contribution in [3.8, 4) is 0 Å². The molecular formula is C24H30Cl2N2. The van der Waals surface area contributed by atoms with E-state index in [1.807, 2.05) is 18.2 Å². The first-order valence-corrected chi connectivity index (χ1v) is 10.6. The van der Waals surface area contributed by atoms with Gasteiger partial charge < -0.3 is 9.88 Å². The molecule has 2 aromatic carbocycles. The largest absolute Gasteiger partial charge is 0.343 e. The smallest absolute Gasteiger partial charge is 0.0595 e. The van der Waals surface area contributed by atoms with Crippen LogP contribution in [-0.4, -0.2) is 10.1 Å². The second kappa shape index (κ2) is 8.10. The molecule has 3 rings (SSSR count). The maximum Gasteiger partial charge on any atom is 0.0595 e. The van der Waals surface area contributed by atoms with Gasteiger partial charge in [-0.05, 0) is 55.0 Å². The molecule has 0 spiro atoms. The van der Waals surface area contributed by atoms with E-state index in [9.17, 15) is 0 Å². The summed E-state index contributed by atoms with van der Waals surface area (Å²) in [5, 5.41) is 6.25. The molecule has 3 aromatic rings. The summed E-state index contributed by atoms with van der Waals surface area (Å²) in [4.78, 5) is 0. The Morgan fingerprint density at radius 3 is 2.32 bits per heavy atom. The van der Waals surface area contributed by atoms with Crippen molar-refractivity contribution in [2.45, 2.75) is 59.7 Å². The van der Waals surface area contributed by atoms with Crippen LogP contribution in [0.25, 0.3) is 10.9 Å². The van der Waals surface area contributed by atoms with Crippen LogP contribution in [-0.2, 0) is 13.1 Å². The highest BCUT2D eigenvalue weighted by atomic mass is 35.5. The maximum atomic E-state index is 6.20. The molecule has 150 valence electrons. The third-order valence-electron chi connectivity index (χ3n) is 4.94. The molecule has 4 heteroatoms. The Labute approximate surface area is 178 Å². The molecule has 0 bridgehead atoms. The Hall–Kier alpha value is -1.48. The lowest BCUT2D eigenvalue weighted by Crippen LogP contribution is -2.41. The minimum Gasteiger partial charge on any atom is -0.343 e. The zero-order valence-corrected chi connectivity index (χ0v) is 19.0. The number of benzene rings is 2. The van der Waals surface area contributed by atoms with E-state index < -0.39 is 0 Å². The van der Waals surface area contributed by atoms with E-state index in [4.69, 9.17) is 23.2 Å². The van der Waals surface area contributed by atoms with Crippen molar-refractivity contribution in [3.05, 3.63) is 69.8 Å². The van der Waals surface area contributed by atoms with Gasteiger partial charge in [0, 0.05) is 35.7 Å². The molecule has 0 aliphatic heterocycles. The number of rotatable bonds is 6. The van der Waals surface area contributed by atoms with Crippen LogP contribution in [0.4, 0.5) is 0 Å². The second-order valence-corrected chi connectivity index (χ2v) is 10.3. The number of fused-ring (bicyclic) bond motifs is 1. The van der Waals surface area contributed by atoms with Crippen LogP contribution in [0.3, 0.4) is 0 Å². The van der Waals surface area contributed by atoms with Crippen LogP contribution in [0.2, 0.25) is 10.0 Å². The van der Waals surface area contributed by atoms with Crippen LogP contribution in [0.15, 0.2) is 48.7 Å². The molecule has 0 aliphatic carbocycles. The Morgan fingerprint density at radius 2 is 1.64 bits per heavy atom. The van der Waals surface area contributed by atoms with Crippen molar-refractivity contribution < 1.29 is 0 Å². The molecule has 0 saturated heterocycles. The number of para-hydroxylation sites is 1. The predicted molar refractivity (Wildman–Crippen MR) is 122 cm³/mol. The summed E-state index contributed by atoms with van der Waals surface area (Å²) >= 11 is 12.3. The SMILES string of the molecule is CC(C)(C)CC(C)(C)NCc1cn(Cc2ccc(Cl)c(Cl)c2)c2ccccc12. The van der Waals surface area contributed by atoms with Crippen molar-refractivity contribution in [2.75, 3.05) is 0 Å². The average molecular weight is 417 g/mol. The quantitative estimate of drug-likeness (QED) is 0.445. The molecule has 0 atom stereocenters. The third-order valence-corrected chi connectivity index (χ3v) is 5.68. The first kappa shape index (κ1) is 21.2. The first-order valence-electron chi connectivity index (χ1n) is 9.80. The predicted octanol–water partition coefficient (Wildman–Crippen LogP) is 7.30. The molecule has 1 aromatic heterocycles. The van der Waals surface area contributed by atoms with Crippen LogP contribution >= 0.6 is 23.2 Å². The molecule has 0 saturated carbocycles. The van der Waals surface area contributed by atoms with E-state index in [2.05, 4.69) is 75.0 Å². The molecule has 2 nitrogen and oxygen atoms in total. The molecule has 0 amide bonds. The Balaban J connectivity index is 1.85. The van der Waals surface area contributed by atoms with Crippen molar-refractivity contribution >= 4 is 34.1 Å². The summed E-state index contributed by atoms with van der Waals surface area (Å²) in [6.45, 7) is 13.1. The van der Waals surface area contributed by atoms with Gasteiger partial charge >= 0.3 is 0 Å². The number of hydrogen-bond donors (Lipinski definition) is 1. The lowest BCUT2D eigenvalue weighted by atomic mass is 9.82. The summed E-state index contributed by atoms with van der Waals surface area (Å²) < 4.78 is 2.29. The maximum absolute atomic E-state index is 6.20. The van der Waals surface area contributed by atoms with E-state index in [1.54, 1.807) is 0 Å². The number of halogens is 2. The van der Waals surface area contributed by atoms with Gasteiger partial charge in [-0.3, -0.25) is 0 Å². The normalized spacial score (nSPS) is 12.7. The number of hydrogen-bond acceptors (Lipinski definition) is 1. The van der Waals surface area contributed by atoms with Crippen LogP contribution in [0.5, 0.6) is 0 Å². The van der Waals surface area contributed by atoms with Crippen molar-refractivity contribution in [2.24, 2.45) is 5.41 Å². The zero-order chi connectivity index (χ0) is 20.5. The molecule has 0 aliphatic rings. The van der Waals surface area contributed by atoms with Gasteiger partial charge in [0.2, 0.25) is 0 Å². The fourth-order valence-corrected chi connectivity index (χ4v) is 4.47. The molecular weight excluding hydrogens is 387 g/mol. The van der Waals surface area contributed by atoms with Gasteiger partial charge in [0.1, 0.15) is 0 Å². The van der Waals surface area contributed by atoms with Gasteiger partial charge in [0.05, 0.1) is 10.0 Å². The summed E-state index contributed by atoms with van der Waals surface area (Å²) in [6.07, 6.45) is 3.37. The number of nitrogens with one attached hydrogen (secondary N) is 1. The lowest BCUT2D eigenvalue weighted by Gasteiger charge is -2.33. The van der Waals surface area contributed by atoms with Gasteiger partial charge in [-0.15, -0.1) is 0 Å². The molecule has 28 heavy (non-hydrogen) atoms. The second-order valence-electron chi connectivity index (χ2n) is 9.52. The van der Waals surface area contributed by atoms with E-state index >= 15 is 0 Å². The Morgan fingerprint density at radius 1 is 0.929 bits per heavy atom. The minimum atomic E-state index is 0.0746. The zero-order valence-electron chi connectivity index (χ0n) is 17.4. The van der Waals surface area contributed by atoms with Crippen LogP contribution < -0.4 is 5.32 Å². The van der Waals surface area contributed by atoms with Crippen molar-refractivity contribution in [1.29, 1.82) is 0 Å². The Kier molecular flexibility index (Phi) is 6.14. The fraction of sp³-hybridized carbons (Fsp3) is 0.417. The topological polar surface area (TPSA) is 17.0 Å². The first-order chi connectivity index (χ1) is 13.0. The molecule has 0 unspecified atom stereocenters. The summed E-state index contributed by atoms with van der Waals surface area (Å²) in [6, 6.07) is 14.4. The van der Waals surface area contributed by atoms with Gasteiger partial charge in [-0.2, -0.15) is 0 Å². The van der Waals surface area contributed by atoms with Crippen molar-refractivity contribution in [1.82, 2.24) is 9.88 Å². The third kappa shape index (κ3) is 5.31. The standard InChI is InChI=1S/C24H30Cl2N2/c1-23(2,3)16-24(4,5)27-13-18-15-28(22-9-7-6-8-19(18)22)14-17-10-11-20(25)21(26)12-17/h6-12,15,27H,13-14,16H2,1-5H3. The number of nitrogens with zero attached hydrogens (tertiary/aromatic N) is 1. The average Bonchev–Trinajstić information content (AvgIpc) is 2.93. The molecule has 1 N–H and O–H groups in total. The molecule has 0 radical (unpaired) electrons. The molecule has 1 heterocycles. The van der Waals surface area contributed by atoms with E-state index in [-0.39, 0.29) is 5.54 Å². The monoisotopic (exact) mass is 416 g/mol. The van der Waals surface area contributed by atoms with Gasteiger partial charge in [-0.1, -0.05) is 68.2 Å². The highest BCUT2D eigenvalue weighted by Crippen LogP contribution is 2.29. The fourth-order valence-electron chi connectivity index (χ4n) is 4.15. The summed E-state index contributed by atoms with van der Waals surface area (Å²) in [7, 11) is 0. The van der Waals surface area contributed by atoms with E-state index in [0.717, 1.165) is 25.1 Å². The van der Waals surface area contributed by atoms with E-state index in [0.29, 0.717) is 15.5 Å². The van der Waals surface area contributed by atoms with Gasteiger partial charge in [0.25, 0.3) is 0 Å². The summed E-state index contributed by atoms with van der Waals surface area (Å²) in [5.41, 5.74) is 4.06. The van der Waals surface area contributed by atoms with Crippen LogP contribution in [0.1, 0.15) is 52.2 Å². The highest BCUT2D eigenvalue weighted by molar-refractivity contribution is 6.42. The Bertz CT molecular complexity index is 964. The summed E-state index contributed by atoms with van der Waals surface area (Å²) in [5.74, 6) is 0. The van der Waals surface area contributed by atoms with E-state index in [1.165, 1.54) is 16.5 Å². The van der Waals surface area contributed by atoms with Gasteiger partial charge in [-0.25, -0.2) is 0 Å². The highest BCUT2D eigenvalue weighted by Gasteiger charge is 2.25. The molecule has 0 fully saturated rings. The number of aromatic nitrogens is 1.